The summed E-state index contributed by atoms with van der Waals surface area (Å²) in [5.41, 5.74) is 1.13. The second-order valence-electron chi connectivity index (χ2n) is 7.83. The number of aryl methyl sites for hydroxylation is 2. The summed E-state index contributed by atoms with van der Waals surface area (Å²) in [5.74, 6) is -2.08. The third-order valence-electron chi connectivity index (χ3n) is 5.62. The SMILES string of the molecule is CCn1cc(NC(=O)C2CCN(C(=O)c3cn(C)nc3-c3ccc(F)cc3F)CC2)cn1. The molecule has 0 bridgehead atoms. The highest BCUT2D eigenvalue weighted by molar-refractivity contribution is 6.00. The first kappa shape index (κ1) is 21.7. The van der Waals surface area contributed by atoms with E-state index in [-0.39, 0.29) is 34.6 Å². The number of nitrogens with one attached hydrogen (secondary N) is 1. The number of benzene rings is 1. The number of carbonyl (C=O) groups excluding carboxylic acids is 2. The Hall–Kier alpha value is -3.56. The third kappa shape index (κ3) is 4.39. The Balaban J connectivity index is 1.43. The van der Waals surface area contributed by atoms with Gasteiger partial charge in [-0.05, 0) is 31.9 Å². The number of hydrogen-bond acceptors (Lipinski definition) is 4. The molecule has 0 saturated carbocycles. The predicted molar refractivity (Wildman–Crippen MR) is 114 cm³/mol. The normalized spacial score (nSPS) is 14.6. The fourth-order valence-corrected chi connectivity index (χ4v) is 3.89. The van der Waals surface area contributed by atoms with Crippen LogP contribution < -0.4 is 5.32 Å². The number of hydrogen-bond donors (Lipinski definition) is 1. The number of rotatable bonds is 5. The first-order chi connectivity index (χ1) is 15.4. The molecule has 1 aromatic carbocycles. The zero-order chi connectivity index (χ0) is 22.8. The summed E-state index contributed by atoms with van der Waals surface area (Å²) in [6.45, 7) is 3.47. The van der Waals surface area contributed by atoms with Crippen molar-refractivity contribution in [3.8, 4) is 11.3 Å². The molecule has 1 aliphatic heterocycles. The number of aromatic nitrogens is 4. The smallest absolute Gasteiger partial charge is 0.257 e. The van der Waals surface area contributed by atoms with Gasteiger partial charge in [0.1, 0.15) is 17.3 Å². The second-order valence-corrected chi connectivity index (χ2v) is 7.83. The molecule has 0 aliphatic carbocycles. The lowest BCUT2D eigenvalue weighted by molar-refractivity contribution is -0.121. The average molecular weight is 442 g/mol. The topological polar surface area (TPSA) is 85.0 Å². The molecule has 0 radical (unpaired) electrons. The van der Waals surface area contributed by atoms with E-state index in [0.29, 0.717) is 38.2 Å². The molecule has 2 aromatic heterocycles. The van der Waals surface area contributed by atoms with Gasteiger partial charge in [-0.25, -0.2) is 8.78 Å². The zero-order valence-electron chi connectivity index (χ0n) is 17.9. The molecule has 0 atom stereocenters. The summed E-state index contributed by atoms with van der Waals surface area (Å²) in [7, 11) is 1.64. The maximum absolute atomic E-state index is 14.3. The lowest BCUT2D eigenvalue weighted by atomic mass is 9.95. The average Bonchev–Trinajstić information content (AvgIpc) is 3.39. The van der Waals surface area contributed by atoms with E-state index in [4.69, 9.17) is 0 Å². The maximum Gasteiger partial charge on any atom is 0.257 e. The van der Waals surface area contributed by atoms with Crippen molar-refractivity contribution in [3.63, 3.8) is 0 Å². The molecule has 3 heterocycles. The summed E-state index contributed by atoms with van der Waals surface area (Å²) < 4.78 is 30.8. The zero-order valence-corrected chi connectivity index (χ0v) is 17.9. The molecule has 168 valence electrons. The van der Waals surface area contributed by atoms with Crippen molar-refractivity contribution in [1.29, 1.82) is 0 Å². The van der Waals surface area contributed by atoms with Crippen molar-refractivity contribution in [1.82, 2.24) is 24.5 Å². The van der Waals surface area contributed by atoms with Crippen LogP contribution in [0.25, 0.3) is 11.3 Å². The molecule has 4 rings (SSSR count). The van der Waals surface area contributed by atoms with Crippen LogP contribution in [-0.2, 0) is 18.4 Å². The number of piperidine rings is 1. The quantitative estimate of drug-likeness (QED) is 0.658. The highest BCUT2D eigenvalue weighted by Crippen LogP contribution is 2.28. The maximum atomic E-state index is 14.3. The molecule has 1 N–H and O–H groups in total. The van der Waals surface area contributed by atoms with Gasteiger partial charge < -0.3 is 10.2 Å². The van der Waals surface area contributed by atoms with Crippen LogP contribution in [0.1, 0.15) is 30.1 Å². The highest BCUT2D eigenvalue weighted by Gasteiger charge is 2.30. The van der Waals surface area contributed by atoms with Gasteiger partial charge in [-0.1, -0.05) is 0 Å². The van der Waals surface area contributed by atoms with Crippen LogP contribution >= 0.6 is 0 Å². The van der Waals surface area contributed by atoms with Gasteiger partial charge in [0.15, 0.2) is 0 Å². The minimum absolute atomic E-state index is 0.0669. The standard InChI is InChI=1S/C22H24F2N6O2/c1-3-30-12-16(11-25-30)26-21(31)14-6-8-29(9-7-14)22(32)18-13-28(2)27-20(18)17-5-4-15(23)10-19(17)24/h4-5,10-14H,3,6-9H2,1-2H3,(H,26,31). The Morgan fingerprint density at radius 1 is 1.19 bits per heavy atom. The monoisotopic (exact) mass is 442 g/mol. The van der Waals surface area contributed by atoms with Gasteiger partial charge in [0.25, 0.3) is 5.91 Å². The fraction of sp³-hybridized carbons (Fsp3) is 0.364. The Morgan fingerprint density at radius 3 is 2.59 bits per heavy atom. The van der Waals surface area contributed by atoms with E-state index < -0.39 is 11.6 Å². The number of likely N-dealkylation sites (tertiary alicyclic amines) is 1. The minimum atomic E-state index is -0.778. The molecule has 1 fully saturated rings. The first-order valence-electron chi connectivity index (χ1n) is 10.5. The number of anilines is 1. The predicted octanol–water partition coefficient (Wildman–Crippen LogP) is 3.07. The number of amides is 2. The molecule has 10 heteroatoms. The molecule has 8 nitrogen and oxygen atoms in total. The van der Waals surface area contributed by atoms with Gasteiger partial charge in [-0.3, -0.25) is 19.0 Å². The molecular weight excluding hydrogens is 418 g/mol. The number of halogens is 2. The van der Waals surface area contributed by atoms with E-state index in [1.807, 2.05) is 6.92 Å². The number of carbonyl (C=O) groups is 2. The van der Waals surface area contributed by atoms with Crippen LogP contribution in [-0.4, -0.2) is 49.4 Å². The van der Waals surface area contributed by atoms with Gasteiger partial charge in [-0.15, -0.1) is 0 Å². The minimum Gasteiger partial charge on any atom is -0.338 e. The third-order valence-corrected chi connectivity index (χ3v) is 5.62. The molecule has 2 amide bonds. The van der Waals surface area contributed by atoms with Gasteiger partial charge in [0.2, 0.25) is 5.91 Å². The largest absolute Gasteiger partial charge is 0.338 e. The van der Waals surface area contributed by atoms with Crippen molar-refractivity contribution in [2.24, 2.45) is 13.0 Å². The van der Waals surface area contributed by atoms with Crippen molar-refractivity contribution in [3.05, 3.63) is 54.0 Å². The van der Waals surface area contributed by atoms with E-state index in [0.717, 1.165) is 12.1 Å². The van der Waals surface area contributed by atoms with Crippen LogP contribution in [0.15, 0.2) is 36.8 Å². The summed E-state index contributed by atoms with van der Waals surface area (Å²) >= 11 is 0. The van der Waals surface area contributed by atoms with Crippen LogP contribution in [0, 0.1) is 17.6 Å². The van der Waals surface area contributed by atoms with E-state index >= 15 is 0 Å². The molecule has 32 heavy (non-hydrogen) atoms. The first-order valence-corrected chi connectivity index (χ1v) is 10.5. The Morgan fingerprint density at radius 2 is 1.94 bits per heavy atom. The van der Waals surface area contributed by atoms with Crippen LogP contribution in [0.5, 0.6) is 0 Å². The van der Waals surface area contributed by atoms with Gasteiger partial charge in [0, 0.05) is 56.6 Å². The van der Waals surface area contributed by atoms with E-state index in [2.05, 4.69) is 15.5 Å². The Kier molecular flexibility index (Phi) is 6.02. The summed E-state index contributed by atoms with van der Waals surface area (Å²) in [5, 5.41) is 11.2. The van der Waals surface area contributed by atoms with Crippen molar-refractivity contribution in [2.45, 2.75) is 26.3 Å². The van der Waals surface area contributed by atoms with Crippen molar-refractivity contribution in [2.75, 3.05) is 18.4 Å². The highest BCUT2D eigenvalue weighted by atomic mass is 19.1. The Bertz CT molecular complexity index is 1150. The van der Waals surface area contributed by atoms with E-state index in [1.165, 1.54) is 16.9 Å². The molecule has 1 saturated heterocycles. The van der Waals surface area contributed by atoms with Gasteiger partial charge in [-0.2, -0.15) is 10.2 Å². The lowest BCUT2D eigenvalue weighted by Crippen LogP contribution is -2.41. The van der Waals surface area contributed by atoms with Crippen LogP contribution in [0.2, 0.25) is 0 Å². The lowest BCUT2D eigenvalue weighted by Gasteiger charge is -2.31. The van der Waals surface area contributed by atoms with E-state index in [1.54, 1.807) is 29.0 Å². The number of nitrogens with zero attached hydrogens (tertiary/aromatic N) is 5. The summed E-state index contributed by atoms with van der Waals surface area (Å²) in [6.07, 6.45) is 5.94. The van der Waals surface area contributed by atoms with Gasteiger partial charge >= 0.3 is 0 Å². The second kappa shape index (κ2) is 8.89. The van der Waals surface area contributed by atoms with Gasteiger partial charge in [0.05, 0.1) is 17.4 Å². The van der Waals surface area contributed by atoms with Crippen molar-refractivity contribution < 1.29 is 18.4 Å². The fourth-order valence-electron chi connectivity index (χ4n) is 3.89. The van der Waals surface area contributed by atoms with Crippen LogP contribution in [0.4, 0.5) is 14.5 Å². The Labute approximate surface area is 183 Å². The molecule has 3 aromatic rings. The molecule has 0 unspecified atom stereocenters. The molecule has 1 aliphatic rings. The van der Waals surface area contributed by atoms with Crippen LogP contribution in [0.3, 0.4) is 0 Å². The van der Waals surface area contributed by atoms with Crippen molar-refractivity contribution >= 4 is 17.5 Å². The summed E-state index contributed by atoms with van der Waals surface area (Å²) in [4.78, 5) is 27.4. The molecular formula is C22H24F2N6O2. The summed E-state index contributed by atoms with van der Waals surface area (Å²) in [6, 6.07) is 3.18. The molecule has 0 spiro atoms. The van der Waals surface area contributed by atoms with E-state index in [9.17, 15) is 18.4 Å².